The Morgan fingerprint density at radius 3 is 2.43 bits per heavy atom. The molecule has 0 N–H and O–H groups in total. The molecule has 2 aromatic rings. The fourth-order valence-corrected chi connectivity index (χ4v) is 3.63. The molecule has 23 heavy (non-hydrogen) atoms. The molecular formula is C20H17BrO2. The highest BCUT2D eigenvalue weighted by Crippen LogP contribution is 2.50. The summed E-state index contributed by atoms with van der Waals surface area (Å²) < 4.78 is 6.85. The van der Waals surface area contributed by atoms with Gasteiger partial charge in [0.2, 0.25) is 0 Å². The Kier molecular flexibility index (Phi) is 4.22. The molecule has 0 bridgehead atoms. The molecule has 0 saturated carbocycles. The Labute approximate surface area is 144 Å². The lowest BCUT2D eigenvalue weighted by Crippen LogP contribution is -2.28. The Hall–Kier alpha value is -2.13. The topological polar surface area (TPSA) is 26.3 Å². The highest BCUT2D eigenvalue weighted by Gasteiger charge is 2.47. The summed E-state index contributed by atoms with van der Waals surface area (Å²) in [5.74, 6) is -0.276. The van der Waals surface area contributed by atoms with Crippen molar-refractivity contribution in [2.75, 3.05) is 0 Å². The van der Waals surface area contributed by atoms with E-state index in [4.69, 9.17) is 4.74 Å². The fourth-order valence-electron chi connectivity index (χ4n) is 3.15. The minimum absolute atomic E-state index is 0.276. The molecule has 116 valence electrons. The van der Waals surface area contributed by atoms with E-state index in [9.17, 15) is 4.79 Å². The standard InChI is InChI=1S/C20H17BrO2/c1-3-13-20(15-9-5-4-6-10-15)18(14(2)19(22)23-20)16-11-7-8-12-17(16)21/h3-12H,1,13H2,2H3. The number of halogens is 1. The molecule has 0 saturated heterocycles. The van der Waals surface area contributed by atoms with Gasteiger partial charge >= 0.3 is 5.97 Å². The lowest BCUT2D eigenvalue weighted by atomic mass is 9.79. The molecule has 3 rings (SSSR count). The van der Waals surface area contributed by atoms with Gasteiger partial charge in [0.1, 0.15) is 0 Å². The Morgan fingerprint density at radius 1 is 1.13 bits per heavy atom. The number of benzene rings is 2. The number of hydrogen-bond donors (Lipinski definition) is 0. The molecule has 0 spiro atoms. The van der Waals surface area contributed by atoms with Crippen molar-refractivity contribution in [3.05, 3.63) is 88.4 Å². The van der Waals surface area contributed by atoms with E-state index in [1.165, 1.54) is 0 Å². The first-order valence-electron chi connectivity index (χ1n) is 7.46. The summed E-state index contributed by atoms with van der Waals surface area (Å²) in [4.78, 5) is 12.4. The van der Waals surface area contributed by atoms with Gasteiger partial charge in [-0.2, -0.15) is 0 Å². The van der Waals surface area contributed by atoms with Gasteiger partial charge in [-0.3, -0.25) is 0 Å². The SMILES string of the molecule is C=CCC1(c2ccccc2)OC(=O)C(C)=C1c1ccccc1Br. The fraction of sp³-hybridized carbons (Fsp3) is 0.150. The van der Waals surface area contributed by atoms with Crippen molar-refractivity contribution in [3.63, 3.8) is 0 Å². The van der Waals surface area contributed by atoms with Gasteiger partial charge in [0, 0.05) is 27.6 Å². The van der Waals surface area contributed by atoms with E-state index >= 15 is 0 Å². The van der Waals surface area contributed by atoms with E-state index in [2.05, 4.69) is 22.5 Å². The van der Waals surface area contributed by atoms with Crippen molar-refractivity contribution < 1.29 is 9.53 Å². The largest absolute Gasteiger partial charge is 0.445 e. The third-order valence-corrected chi connectivity index (χ3v) is 4.86. The Morgan fingerprint density at radius 2 is 1.78 bits per heavy atom. The van der Waals surface area contributed by atoms with Crippen LogP contribution in [0.4, 0.5) is 0 Å². The minimum atomic E-state index is -0.825. The molecule has 3 heteroatoms. The second kappa shape index (κ2) is 6.17. The van der Waals surface area contributed by atoms with Gasteiger partial charge in [-0.1, -0.05) is 70.5 Å². The van der Waals surface area contributed by atoms with Crippen LogP contribution < -0.4 is 0 Å². The van der Waals surface area contributed by atoms with Gasteiger partial charge < -0.3 is 4.74 Å². The second-order valence-electron chi connectivity index (χ2n) is 5.56. The zero-order valence-electron chi connectivity index (χ0n) is 12.9. The molecule has 0 aliphatic carbocycles. The molecule has 2 aromatic carbocycles. The molecule has 1 aliphatic heterocycles. The summed E-state index contributed by atoms with van der Waals surface area (Å²) in [5, 5.41) is 0. The van der Waals surface area contributed by atoms with Crippen molar-refractivity contribution in [2.45, 2.75) is 18.9 Å². The van der Waals surface area contributed by atoms with E-state index < -0.39 is 5.60 Å². The monoisotopic (exact) mass is 368 g/mol. The van der Waals surface area contributed by atoms with E-state index in [0.717, 1.165) is 21.2 Å². The number of esters is 1. The molecule has 1 atom stereocenters. The van der Waals surface area contributed by atoms with E-state index in [1.807, 2.05) is 61.5 Å². The molecular weight excluding hydrogens is 352 g/mol. The summed E-state index contributed by atoms with van der Waals surface area (Å²) in [6, 6.07) is 17.8. The average Bonchev–Trinajstić information content (AvgIpc) is 2.81. The number of cyclic esters (lactones) is 1. The van der Waals surface area contributed by atoms with Gasteiger partial charge in [-0.15, -0.1) is 6.58 Å². The first kappa shape index (κ1) is 15.8. The molecule has 1 heterocycles. The van der Waals surface area contributed by atoms with Crippen LogP contribution in [0.25, 0.3) is 5.57 Å². The summed E-state index contributed by atoms with van der Waals surface area (Å²) in [6.45, 7) is 5.69. The van der Waals surface area contributed by atoms with Crippen LogP contribution in [0, 0.1) is 0 Å². The van der Waals surface area contributed by atoms with Crippen LogP contribution in [0.2, 0.25) is 0 Å². The van der Waals surface area contributed by atoms with Gasteiger partial charge in [-0.25, -0.2) is 4.79 Å². The van der Waals surface area contributed by atoms with E-state index in [-0.39, 0.29) is 5.97 Å². The molecule has 0 radical (unpaired) electrons. The van der Waals surface area contributed by atoms with Gasteiger partial charge in [-0.05, 0) is 18.6 Å². The third kappa shape index (κ3) is 2.55. The highest BCUT2D eigenvalue weighted by molar-refractivity contribution is 9.10. The number of rotatable bonds is 4. The maximum atomic E-state index is 12.4. The Balaban J connectivity index is 2.29. The highest BCUT2D eigenvalue weighted by atomic mass is 79.9. The van der Waals surface area contributed by atoms with Gasteiger partial charge in [0.25, 0.3) is 0 Å². The van der Waals surface area contributed by atoms with E-state index in [0.29, 0.717) is 12.0 Å². The van der Waals surface area contributed by atoms with Crippen LogP contribution in [0.3, 0.4) is 0 Å². The minimum Gasteiger partial charge on any atom is -0.445 e. The maximum Gasteiger partial charge on any atom is 0.335 e. The lowest BCUT2D eigenvalue weighted by Gasteiger charge is -2.31. The van der Waals surface area contributed by atoms with Crippen LogP contribution >= 0.6 is 15.9 Å². The van der Waals surface area contributed by atoms with Crippen molar-refractivity contribution in [2.24, 2.45) is 0 Å². The number of carbonyl (C=O) groups is 1. The second-order valence-corrected chi connectivity index (χ2v) is 6.41. The van der Waals surface area contributed by atoms with E-state index in [1.54, 1.807) is 6.08 Å². The molecule has 2 nitrogen and oxygen atoms in total. The zero-order chi connectivity index (χ0) is 16.4. The average molecular weight is 369 g/mol. The molecule has 1 aliphatic rings. The molecule has 1 unspecified atom stereocenters. The zero-order valence-corrected chi connectivity index (χ0v) is 14.5. The van der Waals surface area contributed by atoms with Crippen LogP contribution in [-0.2, 0) is 15.1 Å². The summed E-state index contributed by atoms with van der Waals surface area (Å²) >= 11 is 3.60. The Bertz CT molecular complexity index is 792. The smallest absolute Gasteiger partial charge is 0.335 e. The molecule has 0 aromatic heterocycles. The predicted molar refractivity (Wildman–Crippen MR) is 95.8 cm³/mol. The van der Waals surface area contributed by atoms with Crippen molar-refractivity contribution in [1.82, 2.24) is 0 Å². The predicted octanol–water partition coefficient (Wildman–Crippen LogP) is 5.25. The van der Waals surface area contributed by atoms with Crippen LogP contribution in [0.1, 0.15) is 24.5 Å². The first-order chi connectivity index (χ1) is 11.1. The summed E-state index contributed by atoms with van der Waals surface area (Å²) in [6.07, 6.45) is 2.33. The third-order valence-electron chi connectivity index (χ3n) is 4.17. The van der Waals surface area contributed by atoms with Crippen LogP contribution in [0.5, 0.6) is 0 Å². The maximum absolute atomic E-state index is 12.4. The normalized spacial score (nSPS) is 20.5. The van der Waals surface area contributed by atoms with Crippen molar-refractivity contribution in [1.29, 1.82) is 0 Å². The first-order valence-corrected chi connectivity index (χ1v) is 8.25. The van der Waals surface area contributed by atoms with Crippen molar-refractivity contribution in [3.8, 4) is 0 Å². The van der Waals surface area contributed by atoms with Crippen LogP contribution in [0.15, 0.2) is 77.3 Å². The number of hydrogen-bond acceptors (Lipinski definition) is 2. The molecule has 0 fully saturated rings. The number of carbonyl (C=O) groups excluding carboxylic acids is 1. The van der Waals surface area contributed by atoms with Gasteiger partial charge in [0.15, 0.2) is 5.60 Å². The summed E-state index contributed by atoms with van der Waals surface area (Å²) in [5.41, 5.74) is 2.65. The summed E-state index contributed by atoms with van der Waals surface area (Å²) in [7, 11) is 0. The van der Waals surface area contributed by atoms with Crippen LogP contribution in [-0.4, -0.2) is 5.97 Å². The van der Waals surface area contributed by atoms with Gasteiger partial charge in [0.05, 0.1) is 0 Å². The quantitative estimate of drug-likeness (QED) is 0.544. The molecule has 0 amide bonds. The van der Waals surface area contributed by atoms with Crippen molar-refractivity contribution >= 4 is 27.5 Å². The lowest BCUT2D eigenvalue weighted by molar-refractivity contribution is -0.146. The number of ether oxygens (including phenoxy) is 1.